The number of anilines is 1. The maximum absolute atomic E-state index is 12.7. The molecule has 1 N–H and O–H groups in total. The average molecular weight is 511 g/mol. The molecule has 1 aliphatic heterocycles. The molecule has 178 valence electrons. The van der Waals surface area contributed by atoms with Gasteiger partial charge in [-0.3, -0.25) is 4.79 Å². The molecule has 2 aromatic rings. The van der Waals surface area contributed by atoms with E-state index in [1.54, 1.807) is 44.2 Å². The van der Waals surface area contributed by atoms with E-state index in [0.717, 1.165) is 17.8 Å². The van der Waals surface area contributed by atoms with Crippen molar-refractivity contribution in [3.63, 3.8) is 0 Å². The van der Waals surface area contributed by atoms with Crippen LogP contribution in [0.1, 0.15) is 55.1 Å². The largest absolute Gasteiger partial charge is 0.482 e. The number of nitrogens with one attached hydrogen (secondary N) is 1. The van der Waals surface area contributed by atoms with Crippen molar-refractivity contribution in [3.8, 4) is 5.75 Å². The van der Waals surface area contributed by atoms with E-state index < -0.39 is 15.9 Å². The molecule has 4 rings (SSSR count). The number of rotatable bonds is 7. The predicted molar refractivity (Wildman–Crippen MR) is 132 cm³/mol. The van der Waals surface area contributed by atoms with Crippen molar-refractivity contribution < 1.29 is 17.9 Å². The third-order valence-corrected chi connectivity index (χ3v) is 8.20. The second kappa shape index (κ2) is 9.72. The molecule has 1 atom stereocenters. The molecule has 0 radical (unpaired) electrons. The minimum Gasteiger partial charge on any atom is -0.482 e. The molecule has 2 aromatic carbocycles. The van der Waals surface area contributed by atoms with Crippen LogP contribution in [0, 0.1) is 11.8 Å². The van der Waals surface area contributed by atoms with Gasteiger partial charge in [0.05, 0.1) is 18.0 Å². The van der Waals surface area contributed by atoms with E-state index in [1.165, 1.54) is 19.3 Å². The minimum absolute atomic E-state index is 0.0816. The summed E-state index contributed by atoms with van der Waals surface area (Å²) in [7, 11) is -3.70. The number of sulfonamides is 1. The Morgan fingerprint density at radius 2 is 1.94 bits per heavy atom. The summed E-state index contributed by atoms with van der Waals surface area (Å²) in [6.07, 6.45) is 3.29. The fraction of sp³-hybridized carbons (Fsp3) is 0.458. The topological polar surface area (TPSA) is 75.7 Å². The highest BCUT2D eigenvalue weighted by Crippen LogP contribution is 2.42. The predicted octanol–water partition coefficient (Wildman–Crippen LogP) is 5.45. The van der Waals surface area contributed by atoms with E-state index in [2.05, 4.69) is 9.62 Å². The quantitative estimate of drug-likeness (QED) is 0.535. The van der Waals surface area contributed by atoms with Crippen LogP contribution in [0.2, 0.25) is 10.0 Å². The Morgan fingerprint density at radius 3 is 2.58 bits per heavy atom. The summed E-state index contributed by atoms with van der Waals surface area (Å²) in [6.45, 7) is 5.00. The number of hydrogen-bond donors (Lipinski definition) is 1. The van der Waals surface area contributed by atoms with E-state index in [-0.39, 0.29) is 23.3 Å². The monoisotopic (exact) mass is 510 g/mol. The molecule has 9 heteroatoms. The average Bonchev–Trinajstić information content (AvgIpc) is 2.68. The van der Waals surface area contributed by atoms with Crippen LogP contribution in [0.5, 0.6) is 5.75 Å². The zero-order chi connectivity index (χ0) is 23.8. The molecule has 1 amide bonds. The molecule has 0 spiro atoms. The van der Waals surface area contributed by atoms with Crippen molar-refractivity contribution in [1.29, 1.82) is 0 Å². The zero-order valence-electron chi connectivity index (χ0n) is 18.7. The summed E-state index contributed by atoms with van der Waals surface area (Å²) < 4.78 is 32.9. The summed E-state index contributed by atoms with van der Waals surface area (Å²) in [5.74, 6) is 0.399. The fourth-order valence-electron chi connectivity index (χ4n) is 4.26. The van der Waals surface area contributed by atoms with Crippen LogP contribution in [0.4, 0.5) is 5.69 Å². The van der Waals surface area contributed by atoms with Gasteiger partial charge in [0.2, 0.25) is 10.0 Å². The summed E-state index contributed by atoms with van der Waals surface area (Å²) >= 11 is 12.5. The van der Waals surface area contributed by atoms with Crippen LogP contribution in [0.15, 0.2) is 36.4 Å². The molecular weight excluding hydrogens is 483 g/mol. The van der Waals surface area contributed by atoms with Crippen LogP contribution in [0.25, 0.3) is 0 Å². The van der Waals surface area contributed by atoms with Crippen LogP contribution < -0.4 is 14.4 Å². The lowest BCUT2D eigenvalue weighted by Gasteiger charge is -2.40. The molecule has 0 saturated heterocycles. The smallest absolute Gasteiger partial charge is 0.264 e. The highest BCUT2D eigenvalue weighted by Gasteiger charge is 2.32. The van der Waals surface area contributed by atoms with Gasteiger partial charge in [0.15, 0.2) is 0 Å². The zero-order valence-corrected chi connectivity index (χ0v) is 21.0. The number of carbonyl (C=O) groups excluding carboxylic acids is 1. The van der Waals surface area contributed by atoms with Crippen molar-refractivity contribution >= 4 is 44.8 Å². The molecule has 0 aromatic heterocycles. The van der Waals surface area contributed by atoms with E-state index in [9.17, 15) is 13.2 Å². The van der Waals surface area contributed by atoms with Gasteiger partial charge in [0.25, 0.3) is 5.91 Å². The summed E-state index contributed by atoms with van der Waals surface area (Å²) in [6, 6.07) is 10.4. The van der Waals surface area contributed by atoms with Crippen LogP contribution >= 0.6 is 23.2 Å². The molecular formula is C24H28Cl2N2O4S. The van der Waals surface area contributed by atoms with E-state index >= 15 is 0 Å². The van der Waals surface area contributed by atoms with Gasteiger partial charge in [-0.25, -0.2) is 13.1 Å². The molecule has 1 fully saturated rings. The van der Waals surface area contributed by atoms with Gasteiger partial charge in [0, 0.05) is 27.7 Å². The first-order valence-electron chi connectivity index (χ1n) is 11.2. The molecule has 2 aliphatic rings. The Morgan fingerprint density at radius 1 is 1.18 bits per heavy atom. The normalized spacial score (nSPS) is 18.5. The SMILES string of the molecule is CC(C)CS(=O)(=O)NC(=O)c1ccc2c(c1)N(CC1CCC1)C[C@H](c1ccc(Cl)cc1Cl)O2. The maximum Gasteiger partial charge on any atom is 0.264 e. The van der Waals surface area contributed by atoms with Crippen LogP contribution in [0.3, 0.4) is 0 Å². The van der Waals surface area contributed by atoms with Crippen LogP contribution in [-0.2, 0) is 10.0 Å². The van der Waals surface area contributed by atoms with Gasteiger partial charge in [-0.15, -0.1) is 0 Å². The Balaban J connectivity index is 1.62. The standard InChI is InChI=1S/C24H28Cl2N2O4S/c1-15(2)14-33(30,31)27-24(29)17-6-9-22-21(10-17)28(12-16-4-3-5-16)13-23(32-22)19-8-7-18(25)11-20(19)26/h6-11,15-16,23H,3-5,12-14H2,1-2H3,(H,27,29)/t23-/m1/s1. The van der Waals surface area contributed by atoms with Gasteiger partial charge < -0.3 is 9.64 Å². The minimum atomic E-state index is -3.70. The summed E-state index contributed by atoms with van der Waals surface area (Å²) in [5, 5.41) is 1.11. The molecule has 33 heavy (non-hydrogen) atoms. The highest BCUT2D eigenvalue weighted by molar-refractivity contribution is 7.90. The van der Waals surface area contributed by atoms with Crippen molar-refractivity contribution in [2.75, 3.05) is 23.7 Å². The highest BCUT2D eigenvalue weighted by atomic mass is 35.5. The van der Waals surface area contributed by atoms with Gasteiger partial charge in [-0.2, -0.15) is 0 Å². The van der Waals surface area contributed by atoms with Crippen molar-refractivity contribution in [2.24, 2.45) is 11.8 Å². The molecule has 6 nitrogen and oxygen atoms in total. The lowest BCUT2D eigenvalue weighted by Crippen LogP contribution is -2.40. The Kier molecular flexibility index (Phi) is 7.12. The van der Waals surface area contributed by atoms with Gasteiger partial charge in [-0.1, -0.05) is 49.5 Å². The number of ether oxygens (including phenoxy) is 1. The van der Waals surface area contributed by atoms with Crippen LogP contribution in [-0.4, -0.2) is 33.2 Å². The third-order valence-electron chi connectivity index (χ3n) is 6.03. The van der Waals surface area contributed by atoms with Gasteiger partial charge in [-0.05, 0) is 55.0 Å². The van der Waals surface area contributed by atoms with Gasteiger partial charge >= 0.3 is 0 Å². The number of carbonyl (C=O) groups is 1. The Hall–Kier alpha value is -1.96. The van der Waals surface area contributed by atoms with Crippen molar-refractivity contribution in [2.45, 2.75) is 39.2 Å². The van der Waals surface area contributed by atoms with E-state index in [4.69, 9.17) is 27.9 Å². The van der Waals surface area contributed by atoms with Crippen molar-refractivity contribution in [1.82, 2.24) is 4.72 Å². The number of amides is 1. The molecule has 0 unspecified atom stereocenters. The summed E-state index contributed by atoms with van der Waals surface area (Å²) in [4.78, 5) is 14.9. The Bertz CT molecular complexity index is 1150. The fourth-order valence-corrected chi connectivity index (χ4v) is 6.15. The first-order valence-corrected chi connectivity index (χ1v) is 13.6. The second-order valence-corrected chi connectivity index (χ2v) is 11.9. The molecule has 0 bridgehead atoms. The number of nitrogens with zero attached hydrogens (tertiary/aromatic N) is 1. The molecule has 1 aliphatic carbocycles. The maximum atomic E-state index is 12.7. The molecule has 1 saturated carbocycles. The Labute approximate surface area is 205 Å². The number of fused-ring (bicyclic) bond motifs is 1. The number of halogens is 2. The first-order chi connectivity index (χ1) is 15.6. The summed E-state index contributed by atoms with van der Waals surface area (Å²) in [5.41, 5.74) is 1.93. The van der Waals surface area contributed by atoms with Crippen molar-refractivity contribution in [3.05, 3.63) is 57.6 Å². The lowest BCUT2D eigenvalue weighted by molar-refractivity contribution is 0.0981. The lowest BCUT2D eigenvalue weighted by atomic mass is 9.84. The number of benzene rings is 2. The van der Waals surface area contributed by atoms with E-state index in [0.29, 0.717) is 28.3 Å². The third kappa shape index (κ3) is 5.76. The second-order valence-electron chi connectivity index (χ2n) is 9.26. The van der Waals surface area contributed by atoms with E-state index in [1.807, 2.05) is 6.07 Å². The molecule has 1 heterocycles. The number of hydrogen-bond acceptors (Lipinski definition) is 5. The van der Waals surface area contributed by atoms with Gasteiger partial charge in [0.1, 0.15) is 11.9 Å². The first kappa shape index (κ1) is 24.2.